The number of hydrogen-bond donors (Lipinski definition) is 2. The smallest absolute Gasteiger partial charge is 0.406 e. The molecule has 0 radical (unpaired) electrons. The summed E-state index contributed by atoms with van der Waals surface area (Å²) < 4.78 is 41.1. The Morgan fingerprint density at radius 1 is 1.36 bits per heavy atom. The van der Waals surface area contributed by atoms with E-state index in [1.807, 2.05) is 13.0 Å². The number of anilines is 1. The molecule has 0 atom stereocenters. The molecule has 1 amide bonds. The second-order valence-electron chi connectivity index (χ2n) is 6.12. The van der Waals surface area contributed by atoms with Crippen molar-refractivity contribution in [2.75, 3.05) is 11.9 Å². The highest BCUT2D eigenvalue weighted by molar-refractivity contribution is 5.94. The molecule has 0 saturated carbocycles. The molecule has 0 fully saturated rings. The summed E-state index contributed by atoms with van der Waals surface area (Å²) in [5.74, 6) is -0.587. The van der Waals surface area contributed by atoms with Crippen molar-refractivity contribution in [3.05, 3.63) is 54.1 Å². The van der Waals surface area contributed by atoms with Crippen LogP contribution in [0, 0.1) is 6.92 Å². The van der Waals surface area contributed by atoms with Gasteiger partial charge in [0.1, 0.15) is 5.75 Å². The zero-order chi connectivity index (χ0) is 20.3. The highest BCUT2D eigenvalue weighted by Crippen LogP contribution is 2.42. The van der Waals surface area contributed by atoms with Crippen molar-refractivity contribution in [1.82, 2.24) is 5.32 Å². The van der Waals surface area contributed by atoms with Gasteiger partial charge in [0.15, 0.2) is 0 Å². The quantitative estimate of drug-likeness (QED) is 0.741. The van der Waals surface area contributed by atoms with E-state index in [4.69, 9.17) is 0 Å². The molecule has 8 heteroatoms. The van der Waals surface area contributed by atoms with E-state index < -0.39 is 6.36 Å². The van der Waals surface area contributed by atoms with Gasteiger partial charge < -0.3 is 15.4 Å². The van der Waals surface area contributed by atoms with Gasteiger partial charge in [-0.2, -0.15) is 0 Å². The lowest BCUT2D eigenvalue weighted by Gasteiger charge is -2.22. The van der Waals surface area contributed by atoms with Gasteiger partial charge >= 0.3 is 6.36 Å². The fourth-order valence-corrected chi connectivity index (χ4v) is 2.95. The van der Waals surface area contributed by atoms with Crippen LogP contribution in [0.5, 0.6) is 5.75 Å². The van der Waals surface area contributed by atoms with Crippen LogP contribution in [0.25, 0.3) is 11.1 Å². The molecule has 0 unspecified atom stereocenters. The highest BCUT2D eigenvalue weighted by atomic mass is 19.4. The predicted molar refractivity (Wildman–Crippen MR) is 102 cm³/mol. The molecule has 146 valence electrons. The van der Waals surface area contributed by atoms with Crippen LogP contribution in [0.1, 0.15) is 11.1 Å². The van der Waals surface area contributed by atoms with Crippen LogP contribution in [0.15, 0.2) is 48.0 Å². The third-order valence-corrected chi connectivity index (χ3v) is 4.29. The first-order valence-corrected chi connectivity index (χ1v) is 8.48. The van der Waals surface area contributed by atoms with Gasteiger partial charge in [-0.3, -0.25) is 9.79 Å². The van der Waals surface area contributed by atoms with Gasteiger partial charge in [0.2, 0.25) is 5.91 Å². The van der Waals surface area contributed by atoms with E-state index in [1.165, 1.54) is 18.2 Å². The maximum absolute atomic E-state index is 12.4. The second kappa shape index (κ2) is 7.75. The van der Waals surface area contributed by atoms with Gasteiger partial charge in [-0.05, 0) is 47.9 Å². The molecule has 5 nitrogen and oxygen atoms in total. The first kappa shape index (κ1) is 19.5. The summed E-state index contributed by atoms with van der Waals surface area (Å²) in [6, 6.07) is 7.53. The van der Waals surface area contributed by atoms with Crippen molar-refractivity contribution in [2.45, 2.75) is 19.8 Å². The molecular formula is C20H18F3N3O2. The van der Waals surface area contributed by atoms with E-state index in [-0.39, 0.29) is 18.2 Å². The Kier molecular flexibility index (Phi) is 5.39. The molecule has 2 aromatic carbocycles. The largest absolute Gasteiger partial charge is 0.573 e. The molecule has 0 spiro atoms. The van der Waals surface area contributed by atoms with E-state index in [0.717, 1.165) is 28.1 Å². The minimum atomic E-state index is -4.74. The lowest BCUT2D eigenvalue weighted by molar-refractivity contribution is -0.274. The van der Waals surface area contributed by atoms with Crippen LogP contribution >= 0.6 is 0 Å². The maximum Gasteiger partial charge on any atom is 0.573 e. The summed E-state index contributed by atoms with van der Waals surface area (Å²) in [5.41, 5.74) is 4.76. The van der Waals surface area contributed by atoms with Crippen molar-refractivity contribution < 1.29 is 22.7 Å². The van der Waals surface area contributed by atoms with Crippen molar-refractivity contribution in [3.63, 3.8) is 0 Å². The number of nitrogens with one attached hydrogen (secondary N) is 2. The van der Waals surface area contributed by atoms with Crippen molar-refractivity contribution in [2.24, 2.45) is 4.99 Å². The highest BCUT2D eigenvalue weighted by Gasteiger charge is 2.31. The summed E-state index contributed by atoms with van der Waals surface area (Å²) in [5, 5.41) is 6.00. The van der Waals surface area contributed by atoms with Gasteiger partial charge in [-0.25, -0.2) is 0 Å². The number of halogens is 3. The van der Waals surface area contributed by atoms with E-state index in [9.17, 15) is 18.0 Å². The number of fused-ring (bicyclic) bond motifs is 1. The number of nitrogens with zero attached hydrogens (tertiary/aromatic N) is 1. The van der Waals surface area contributed by atoms with Crippen LogP contribution in [0.3, 0.4) is 0 Å². The number of amides is 1. The van der Waals surface area contributed by atoms with Crippen LogP contribution < -0.4 is 15.4 Å². The molecule has 2 aromatic rings. The molecule has 1 aliphatic rings. The number of carbonyl (C=O) groups excluding carboxylic acids is 1. The first-order valence-electron chi connectivity index (χ1n) is 8.48. The van der Waals surface area contributed by atoms with Crippen LogP contribution in [-0.2, 0) is 11.3 Å². The molecule has 1 heterocycles. The Hall–Kier alpha value is -3.29. The molecular weight excluding hydrogens is 371 g/mol. The summed E-state index contributed by atoms with van der Waals surface area (Å²) >= 11 is 0. The molecule has 0 saturated heterocycles. The Labute approximate surface area is 159 Å². The maximum atomic E-state index is 12.4. The van der Waals surface area contributed by atoms with Crippen molar-refractivity contribution in [1.29, 1.82) is 0 Å². The SMILES string of the molecule is C=CC(=O)NCc1cc(-c2ccc(OC(F)(F)F)cc2)c2c(c1C)N=CCN2. The molecule has 0 aliphatic carbocycles. The molecule has 0 bridgehead atoms. The Morgan fingerprint density at radius 3 is 2.71 bits per heavy atom. The fraction of sp³-hybridized carbons (Fsp3) is 0.200. The molecule has 0 aromatic heterocycles. The minimum absolute atomic E-state index is 0.280. The number of benzene rings is 2. The zero-order valence-corrected chi connectivity index (χ0v) is 15.1. The monoisotopic (exact) mass is 389 g/mol. The third-order valence-electron chi connectivity index (χ3n) is 4.29. The first-order chi connectivity index (χ1) is 13.3. The van der Waals surface area contributed by atoms with Crippen LogP contribution in [0.2, 0.25) is 0 Å². The van der Waals surface area contributed by atoms with E-state index in [1.54, 1.807) is 18.3 Å². The number of ether oxygens (including phenoxy) is 1. The lowest BCUT2D eigenvalue weighted by atomic mass is 9.94. The van der Waals surface area contributed by atoms with Crippen LogP contribution in [-0.4, -0.2) is 25.0 Å². The molecule has 2 N–H and O–H groups in total. The molecule has 3 rings (SSSR count). The van der Waals surface area contributed by atoms with Crippen LogP contribution in [0.4, 0.5) is 24.5 Å². The summed E-state index contributed by atoms with van der Waals surface area (Å²) in [7, 11) is 0. The van der Waals surface area contributed by atoms with Gasteiger partial charge in [0.25, 0.3) is 0 Å². The topological polar surface area (TPSA) is 62.7 Å². The van der Waals surface area contributed by atoms with Crippen molar-refractivity contribution >= 4 is 23.5 Å². The Morgan fingerprint density at radius 2 is 2.07 bits per heavy atom. The van der Waals surface area contributed by atoms with E-state index in [0.29, 0.717) is 12.1 Å². The van der Waals surface area contributed by atoms with Crippen molar-refractivity contribution in [3.8, 4) is 16.9 Å². The predicted octanol–water partition coefficient (Wildman–Crippen LogP) is 4.49. The van der Waals surface area contributed by atoms with E-state index >= 15 is 0 Å². The fourth-order valence-electron chi connectivity index (χ4n) is 2.95. The second-order valence-corrected chi connectivity index (χ2v) is 6.12. The van der Waals surface area contributed by atoms with Gasteiger partial charge in [0.05, 0.1) is 17.9 Å². The average molecular weight is 389 g/mol. The standard InChI is InChI=1S/C20H18F3N3O2/c1-3-17(27)26-11-14-10-16(19-18(12(14)2)24-8-9-25-19)13-4-6-15(7-5-13)28-20(21,22)23/h3-8,10,25H,1,9,11H2,2H3,(H,26,27). The number of alkyl halides is 3. The molecule has 1 aliphatic heterocycles. The summed E-state index contributed by atoms with van der Waals surface area (Å²) in [6.45, 7) is 6.15. The van der Waals surface area contributed by atoms with Gasteiger partial charge in [0, 0.05) is 18.3 Å². The summed E-state index contributed by atoms with van der Waals surface area (Å²) in [6.07, 6.45) is -1.81. The van der Waals surface area contributed by atoms with Gasteiger partial charge in [-0.15, -0.1) is 13.2 Å². The lowest BCUT2D eigenvalue weighted by Crippen LogP contribution is -2.21. The number of carbonyl (C=O) groups is 1. The number of hydrogen-bond acceptors (Lipinski definition) is 4. The third kappa shape index (κ3) is 4.33. The summed E-state index contributed by atoms with van der Waals surface area (Å²) in [4.78, 5) is 16.0. The van der Waals surface area contributed by atoms with Gasteiger partial charge in [-0.1, -0.05) is 18.7 Å². The normalized spacial score (nSPS) is 12.7. The molecule has 28 heavy (non-hydrogen) atoms. The average Bonchev–Trinajstić information content (AvgIpc) is 2.67. The zero-order valence-electron chi connectivity index (χ0n) is 15.1. The van der Waals surface area contributed by atoms with E-state index in [2.05, 4.69) is 26.9 Å². The number of aliphatic imine (C=N–C) groups is 1. The Bertz CT molecular complexity index is 935. The Balaban J connectivity index is 2.01. The number of rotatable bonds is 5. The minimum Gasteiger partial charge on any atom is -0.406 e.